The van der Waals surface area contributed by atoms with E-state index in [-0.39, 0.29) is 5.91 Å². The summed E-state index contributed by atoms with van der Waals surface area (Å²) in [5.41, 5.74) is 5.39. The number of carbonyl (C=O) groups excluding carboxylic acids is 1. The Morgan fingerprint density at radius 2 is 1.46 bits per heavy atom. The van der Waals surface area contributed by atoms with Crippen LogP contribution in [0.25, 0.3) is 22.3 Å². The summed E-state index contributed by atoms with van der Waals surface area (Å²) in [6, 6.07) is 31.5. The largest absolute Gasteiger partial charge is 0.496 e. The van der Waals surface area contributed by atoms with Crippen molar-refractivity contribution in [3.8, 4) is 33.8 Å². The number of benzene rings is 4. The fraction of sp³-hybridized carbons (Fsp3) is 0.219. The van der Waals surface area contributed by atoms with Crippen LogP contribution in [0.4, 0.5) is 5.69 Å². The molecule has 0 saturated carbocycles. The first-order chi connectivity index (χ1) is 18.1. The van der Waals surface area contributed by atoms with Crippen LogP contribution >= 0.6 is 0 Å². The fourth-order valence-electron chi connectivity index (χ4n) is 4.66. The van der Waals surface area contributed by atoms with E-state index in [1.165, 1.54) is 0 Å². The summed E-state index contributed by atoms with van der Waals surface area (Å²) in [4.78, 5) is 15.3. The highest BCUT2D eigenvalue weighted by Crippen LogP contribution is 2.31. The molecule has 5 heteroatoms. The molecule has 1 saturated heterocycles. The number of nitrogens with one attached hydrogen (secondary N) is 1. The van der Waals surface area contributed by atoms with Crippen LogP contribution in [-0.2, 0) is 0 Å². The highest BCUT2D eigenvalue weighted by atomic mass is 16.5. The number of ether oxygens (including phenoxy) is 2. The van der Waals surface area contributed by atoms with E-state index in [1.807, 2.05) is 78.9 Å². The highest BCUT2D eigenvalue weighted by molar-refractivity contribution is 6.05. The van der Waals surface area contributed by atoms with Gasteiger partial charge in [0.25, 0.3) is 5.91 Å². The maximum Gasteiger partial charge on any atom is 0.255 e. The van der Waals surface area contributed by atoms with Crippen molar-refractivity contribution < 1.29 is 14.3 Å². The number of rotatable bonds is 7. The molecule has 37 heavy (non-hydrogen) atoms. The molecular formula is C32H32N2O3. The average Bonchev–Trinajstić information content (AvgIpc) is 2.95. The first-order valence-electron chi connectivity index (χ1n) is 12.7. The van der Waals surface area contributed by atoms with E-state index in [0.717, 1.165) is 65.4 Å². The number of hydrogen-bond donors (Lipinski definition) is 1. The van der Waals surface area contributed by atoms with E-state index < -0.39 is 0 Å². The molecule has 0 radical (unpaired) electrons. The van der Waals surface area contributed by atoms with Gasteiger partial charge in [-0.15, -0.1) is 0 Å². The summed E-state index contributed by atoms with van der Waals surface area (Å²) < 4.78 is 11.7. The smallest absolute Gasteiger partial charge is 0.255 e. The maximum atomic E-state index is 13.0. The highest BCUT2D eigenvalue weighted by Gasteiger charge is 2.18. The van der Waals surface area contributed by atoms with Crippen LogP contribution in [0, 0.1) is 0 Å². The maximum absolute atomic E-state index is 13.0. The van der Waals surface area contributed by atoms with Gasteiger partial charge in [-0.2, -0.15) is 0 Å². The molecule has 0 bridgehead atoms. The second kappa shape index (κ2) is 11.3. The Morgan fingerprint density at radius 3 is 2.11 bits per heavy atom. The van der Waals surface area contributed by atoms with Gasteiger partial charge in [0.15, 0.2) is 0 Å². The third-order valence-corrected chi connectivity index (χ3v) is 6.85. The predicted octanol–water partition coefficient (Wildman–Crippen LogP) is 6.75. The van der Waals surface area contributed by atoms with Crippen molar-refractivity contribution in [1.29, 1.82) is 0 Å². The third kappa shape index (κ3) is 6.01. The monoisotopic (exact) mass is 492 g/mol. The SMILES string of the molecule is COc1ccc(C(=O)Nc2ccc(-c3ccc(OC4CCN(C)CC4)cc3)cc2)cc1-c1ccccc1. The summed E-state index contributed by atoms with van der Waals surface area (Å²) in [5.74, 6) is 1.48. The lowest BCUT2D eigenvalue weighted by atomic mass is 10.0. The van der Waals surface area contributed by atoms with Gasteiger partial charge in [-0.3, -0.25) is 4.79 Å². The molecule has 4 aromatic rings. The second-order valence-electron chi connectivity index (χ2n) is 9.46. The minimum Gasteiger partial charge on any atom is -0.496 e. The molecule has 0 spiro atoms. The van der Waals surface area contributed by atoms with Crippen molar-refractivity contribution in [2.75, 3.05) is 32.6 Å². The Kier molecular flexibility index (Phi) is 7.52. The second-order valence-corrected chi connectivity index (χ2v) is 9.46. The minimum absolute atomic E-state index is 0.164. The van der Waals surface area contributed by atoms with Crippen molar-refractivity contribution in [3.05, 3.63) is 103 Å². The zero-order chi connectivity index (χ0) is 25.6. The standard InChI is InChI=1S/C32H32N2O3/c1-34-20-18-29(19-21-34)37-28-15-10-24(11-16-28)23-8-13-27(14-9-23)33-32(35)26-12-17-31(36-2)30(22-26)25-6-4-3-5-7-25/h3-17,22,29H,18-21H2,1-2H3,(H,33,35). The van der Waals surface area contributed by atoms with Gasteiger partial charge in [0.1, 0.15) is 17.6 Å². The number of likely N-dealkylation sites (tertiary alicyclic amines) is 1. The lowest BCUT2D eigenvalue weighted by Gasteiger charge is -2.29. The van der Waals surface area contributed by atoms with Gasteiger partial charge in [-0.1, -0.05) is 54.6 Å². The number of carbonyl (C=O) groups is 1. The Bertz CT molecular complexity index is 1330. The van der Waals surface area contributed by atoms with Gasteiger partial charge in [0.05, 0.1) is 7.11 Å². The van der Waals surface area contributed by atoms with Crippen molar-refractivity contribution in [2.24, 2.45) is 0 Å². The lowest BCUT2D eigenvalue weighted by molar-refractivity contribution is 0.102. The van der Waals surface area contributed by atoms with Gasteiger partial charge in [0.2, 0.25) is 0 Å². The van der Waals surface area contributed by atoms with Crippen LogP contribution in [0.2, 0.25) is 0 Å². The third-order valence-electron chi connectivity index (χ3n) is 6.85. The summed E-state index contributed by atoms with van der Waals surface area (Å²) in [6.45, 7) is 2.16. The molecule has 1 heterocycles. The number of anilines is 1. The number of nitrogens with zero attached hydrogens (tertiary/aromatic N) is 1. The van der Waals surface area contributed by atoms with Crippen molar-refractivity contribution in [3.63, 3.8) is 0 Å². The van der Waals surface area contributed by atoms with Crippen molar-refractivity contribution in [1.82, 2.24) is 4.90 Å². The molecule has 1 amide bonds. The van der Waals surface area contributed by atoms with E-state index in [9.17, 15) is 4.79 Å². The molecule has 0 aliphatic carbocycles. The molecule has 0 aromatic heterocycles. The molecule has 0 atom stereocenters. The molecule has 5 rings (SSSR count). The Balaban J connectivity index is 1.24. The van der Waals surface area contributed by atoms with Gasteiger partial charge in [-0.25, -0.2) is 0 Å². The van der Waals surface area contributed by atoms with Crippen LogP contribution in [0.5, 0.6) is 11.5 Å². The number of hydrogen-bond acceptors (Lipinski definition) is 4. The summed E-state index contributed by atoms with van der Waals surface area (Å²) in [5, 5.41) is 3.01. The van der Waals surface area contributed by atoms with Crippen LogP contribution in [0.3, 0.4) is 0 Å². The Labute approximate surface area is 218 Å². The fourth-order valence-corrected chi connectivity index (χ4v) is 4.66. The van der Waals surface area contributed by atoms with E-state index in [1.54, 1.807) is 13.2 Å². The number of methoxy groups -OCH3 is 1. The van der Waals surface area contributed by atoms with Crippen molar-refractivity contribution in [2.45, 2.75) is 18.9 Å². The van der Waals surface area contributed by atoms with Gasteiger partial charge < -0.3 is 19.7 Å². The molecular weight excluding hydrogens is 460 g/mol. The summed E-state index contributed by atoms with van der Waals surface area (Å²) >= 11 is 0. The minimum atomic E-state index is -0.164. The normalized spacial score (nSPS) is 14.2. The summed E-state index contributed by atoms with van der Waals surface area (Å²) in [7, 11) is 3.79. The zero-order valence-electron chi connectivity index (χ0n) is 21.3. The molecule has 188 valence electrons. The number of amides is 1. The predicted molar refractivity (Wildman–Crippen MR) is 149 cm³/mol. The van der Waals surface area contributed by atoms with Gasteiger partial charge >= 0.3 is 0 Å². The van der Waals surface area contributed by atoms with E-state index >= 15 is 0 Å². The van der Waals surface area contributed by atoms with E-state index in [4.69, 9.17) is 9.47 Å². The van der Waals surface area contributed by atoms with E-state index in [0.29, 0.717) is 11.7 Å². The van der Waals surface area contributed by atoms with Crippen LogP contribution < -0.4 is 14.8 Å². The molecule has 1 N–H and O–H groups in total. The average molecular weight is 493 g/mol. The lowest BCUT2D eigenvalue weighted by Crippen LogP contribution is -2.35. The van der Waals surface area contributed by atoms with Gasteiger partial charge in [0, 0.05) is 29.9 Å². The first kappa shape index (κ1) is 24.6. The van der Waals surface area contributed by atoms with Crippen LogP contribution in [0.15, 0.2) is 97.1 Å². The first-order valence-corrected chi connectivity index (χ1v) is 12.7. The summed E-state index contributed by atoms with van der Waals surface area (Å²) in [6.07, 6.45) is 2.42. The topological polar surface area (TPSA) is 50.8 Å². The molecule has 0 unspecified atom stereocenters. The molecule has 5 nitrogen and oxygen atoms in total. The van der Waals surface area contributed by atoms with Crippen molar-refractivity contribution >= 4 is 11.6 Å². The molecule has 1 aliphatic heterocycles. The molecule has 1 fully saturated rings. The zero-order valence-corrected chi connectivity index (χ0v) is 21.3. The van der Waals surface area contributed by atoms with Crippen LogP contribution in [0.1, 0.15) is 23.2 Å². The Hall–Kier alpha value is -4.09. The Morgan fingerprint density at radius 1 is 0.811 bits per heavy atom. The van der Waals surface area contributed by atoms with Crippen LogP contribution in [-0.4, -0.2) is 44.2 Å². The quantitative estimate of drug-likeness (QED) is 0.310. The van der Waals surface area contributed by atoms with Gasteiger partial charge in [-0.05, 0) is 79.0 Å². The molecule has 4 aromatic carbocycles. The number of piperidine rings is 1. The molecule has 1 aliphatic rings. The van der Waals surface area contributed by atoms with E-state index in [2.05, 4.69) is 29.4 Å².